The average Bonchev–Trinajstić information content (AvgIpc) is 2.95. The fourth-order valence-corrected chi connectivity index (χ4v) is 3.09. The number of ether oxygens (including phenoxy) is 1. The zero-order valence-electron chi connectivity index (χ0n) is 13.1. The van der Waals surface area contributed by atoms with Crippen LogP contribution in [0, 0.1) is 0 Å². The molecule has 5 nitrogen and oxygen atoms in total. The Hall–Kier alpha value is -1.53. The molecule has 1 saturated heterocycles. The summed E-state index contributed by atoms with van der Waals surface area (Å²) in [6, 6.07) is 0. The lowest BCUT2D eigenvalue weighted by Crippen LogP contribution is -2.45. The molecule has 0 spiro atoms. The van der Waals surface area contributed by atoms with Crippen LogP contribution in [0.5, 0.6) is 0 Å². The van der Waals surface area contributed by atoms with Gasteiger partial charge in [-0.1, -0.05) is 6.92 Å². The van der Waals surface area contributed by atoms with Gasteiger partial charge in [0.1, 0.15) is 12.1 Å². The number of nitrogens with zero attached hydrogens (tertiary/aromatic N) is 1. The predicted molar refractivity (Wildman–Crippen MR) is 73.3 cm³/mol. The molecule has 0 aromatic carbocycles. The highest BCUT2D eigenvalue weighted by atomic mass is 19.2. The molecule has 22 heavy (non-hydrogen) atoms. The average molecular weight is 317 g/mol. The van der Waals surface area contributed by atoms with Gasteiger partial charge in [0.2, 0.25) is 11.3 Å². The summed E-state index contributed by atoms with van der Waals surface area (Å²) in [7, 11) is 0. The van der Waals surface area contributed by atoms with Gasteiger partial charge in [0.25, 0.3) is 11.8 Å². The molecule has 2 unspecified atom stereocenters. The van der Waals surface area contributed by atoms with Crippen LogP contribution in [0.2, 0.25) is 0 Å². The number of esters is 1. The maximum absolute atomic E-state index is 14.1. The van der Waals surface area contributed by atoms with Gasteiger partial charge in [-0.05, 0) is 46.0 Å². The molecule has 1 saturated carbocycles. The summed E-state index contributed by atoms with van der Waals surface area (Å²) in [6.45, 7) is 2.56. The van der Waals surface area contributed by atoms with E-state index in [0.29, 0.717) is 25.2 Å². The zero-order chi connectivity index (χ0) is 16.8. The fourth-order valence-electron chi connectivity index (χ4n) is 3.09. The number of rotatable bonds is 4. The zero-order valence-corrected chi connectivity index (χ0v) is 13.1. The monoisotopic (exact) mass is 317 g/mol. The standard InChI is InChI=1S/C15H21F2NO4/c1-4-15(7-5-6-8-15)22-10(19)9-18-11(20)13(2,16)14(3,17)12(18)21/h4-9H2,1-3H3. The van der Waals surface area contributed by atoms with Gasteiger partial charge in [-0.15, -0.1) is 0 Å². The summed E-state index contributed by atoms with van der Waals surface area (Å²) in [5, 5.41) is 0. The van der Waals surface area contributed by atoms with Crippen LogP contribution in [0.15, 0.2) is 0 Å². The van der Waals surface area contributed by atoms with Gasteiger partial charge in [0.15, 0.2) is 0 Å². The van der Waals surface area contributed by atoms with Gasteiger partial charge in [-0.3, -0.25) is 19.3 Å². The first kappa shape index (κ1) is 16.8. The van der Waals surface area contributed by atoms with Crippen molar-refractivity contribution in [1.82, 2.24) is 4.90 Å². The highest BCUT2D eigenvalue weighted by molar-refractivity contribution is 6.14. The molecule has 0 aromatic heterocycles. The van der Waals surface area contributed by atoms with Crippen LogP contribution in [-0.4, -0.2) is 46.2 Å². The Labute approximate surface area is 128 Å². The van der Waals surface area contributed by atoms with Crippen molar-refractivity contribution in [2.45, 2.75) is 69.8 Å². The van der Waals surface area contributed by atoms with E-state index in [0.717, 1.165) is 25.7 Å². The summed E-state index contributed by atoms with van der Waals surface area (Å²) in [4.78, 5) is 36.1. The Kier molecular flexibility index (Phi) is 4.04. The molecule has 2 amide bonds. The number of likely N-dealkylation sites (tertiary alicyclic amines) is 1. The molecule has 2 aliphatic rings. The first-order chi connectivity index (χ1) is 10.1. The second-order valence-corrected chi connectivity index (χ2v) is 6.42. The van der Waals surface area contributed by atoms with Crippen molar-refractivity contribution >= 4 is 17.8 Å². The first-order valence-corrected chi connectivity index (χ1v) is 7.53. The third-order valence-electron chi connectivity index (χ3n) is 4.95. The molecule has 7 heteroatoms. The summed E-state index contributed by atoms with van der Waals surface area (Å²) in [5.74, 6) is -3.48. The van der Waals surface area contributed by atoms with E-state index < -0.39 is 41.3 Å². The normalized spacial score (nSPS) is 34.3. The minimum Gasteiger partial charge on any atom is -0.458 e. The Morgan fingerprint density at radius 2 is 1.59 bits per heavy atom. The lowest BCUT2D eigenvalue weighted by molar-refractivity contribution is -0.165. The Morgan fingerprint density at radius 1 is 1.14 bits per heavy atom. The maximum Gasteiger partial charge on any atom is 0.326 e. The minimum atomic E-state index is -2.97. The summed E-state index contributed by atoms with van der Waals surface area (Å²) in [5.41, 5.74) is -6.53. The molecule has 0 radical (unpaired) electrons. The Bertz CT molecular complexity index is 484. The van der Waals surface area contributed by atoms with Crippen LogP contribution < -0.4 is 0 Å². The van der Waals surface area contributed by atoms with Crippen LogP contribution in [0.4, 0.5) is 8.78 Å². The van der Waals surface area contributed by atoms with Crippen LogP contribution >= 0.6 is 0 Å². The molecule has 0 bridgehead atoms. The molecule has 2 fully saturated rings. The van der Waals surface area contributed by atoms with Crippen LogP contribution in [0.3, 0.4) is 0 Å². The van der Waals surface area contributed by atoms with E-state index in [2.05, 4.69) is 0 Å². The van der Waals surface area contributed by atoms with Gasteiger partial charge in [-0.25, -0.2) is 8.78 Å². The van der Waals surface area contributed by atoms with E-state index in [4.69, 9.17) is 4.74 Å². The predicted octanol–water partition coefficient (Wildman–Crippen LogP) is 2.08. The van der Waals surface area contributed by atoms with Crippen molar-refractivity contribution in [3.8, 4) is 0 Å². The van der Waals surface area contributed by atoms with Gasteiger partial charge in [0, 0.05) is 0 Å². The van der Waals surface area contributed by atoms with Gasteiger partial charge < -0.3 is 4.74 Å². The smallest absolute Gasteiger partial charge is 0.326 e. The largest absolute Gasteiger partial charge is 0.458 e. The Balaban J connectivity index is 2.09. The number of hydrogen-bond acceptors (Lipinski definition) is 4. The molecule has 1 aliphatic heterocycles. The van der Waals surface area contributed by atoms with E-state index in [1.54, 1.807) is 0 Å². The van der Waals surface area contributed by atoms with Gasteiger partial charge >= 0.3 is 5.97 Å². The van der Waals surface area contributed by atoms with Crippen molar-refractivity contribution in [3.05, 3.63) is 0 Å². The number of alkyl halides is 2. The molecule has 1 heterocycles. The lowest BCUT2D eigenvalue weighted by Gasteiger charge is -2.28. The molecule has 2 atom stereocenters. The first-order valence-electron chi connectivity index (χ1n) is 7.53. The second kappa shape index (κ2) is 5.28. The quantitative estimate of drug-likeness (QED) is 0.588. The van der Waals surface area contributed by atoms with Crippen molar-refractivity contribution in [1.29, 1.82) is 0 Å². The summed E-state index contributed by atoms with van der Waals surface area (Å²) < 4.78 is 33.7. The highest BCUT2D eigenvalue weighted by Crippen LogP contribution is 2.40. The molecule has 0 aromatic rings. The number of amides is 2. The number of carbonyl (C=O) groups is 3. The van der Waals surface area contributed by atoms with E-state index in [1.807, 2.05) is 6.92 Å². The fraction of sp³-hybridized carbons (Fsp3) is 0.800. The second-order valence-electron chi connectivity index (χ2n) is 6.42. The number of carbonyl (C=O) groups excluding carboxylic acids is 3. The van der Waals surface area contributed by atoms with E-state index in [-0.39, 0.29) is 0 Å². The summed E-state index contributed by atoms with van der Waals surface area (Å²) >= 11 is 0. The Morgan fingerprint density at radius 3 is 2.00 bits per heavy atom. The van der Waals surface area contributed by atoms with Crippen molar-refractivity contribution < 1.29 is 27.9 Å². The maximum atomic E-state index is 14.1. The molecular weight excluding hydrogens is 296 g/mol. The van der Waals surface area contributed by atoms with E-state index in [1.165, 1.54) is 0 Å². The molecule has 0 N–H and O–H groups in total. The number of halogens is 2. The van der Waals surface area contributed by atoms with Crippen LogP contribution in [0.25, 0.3) is 0 Å². The third-order valence-corrected chi connectivity index (χ3v) is 4.95. The van der Waals surface area contributed by atoms with Gasteiger partial charge in [0.05, 0.1) is 0 Å². The van der Waals surface area contributed by atoms with Crippen LogP contribution in [-0.2, 0) is 19.1 Å². The molecular formula is C15H21F2NO4. The SMILES string of the molecule is CCC1(OC(=O)CN2C(=O)C(C)(F)C(C)(F)C2=O)CCCC1. The van der Waals surface area contributed by atoms with E-state index >= 15 is 0 Å². The van der Waals surface area contributed by atoms with Crippen LogP contribution in [0.1, 0.15) is 52.9 Å². The molecule has 2 rings (SSSR count). The molecule has 1 aliphatic carbocycles. The minimum absolute atomic E-state index is 0.320. The molecule has 124 valence electrons. The van der Waals surface area contributed by atoms with E-state index in [9.17, 15) is 23.2 Å². The third kappa shape index (κ3) is 2.40. The highest BCUT2D eigenvalue weighted by Gasteiger charge is 2.67. The van der Waals surface area contributed by atoms with Crippen molar-refractivity contribution in [2.24, 2.45) is 0 Å². The topological polar surface area (TPSA) is 63.7 Å². The lowest BCUT2D eigenvalue weighted by atomic mass is 9.92. The number of hydrogen-bond donors (Lipinski definition) is 0. The summed E-state index contributed by atoms with van der Waals surface area (Å²) in [6.07, 6.45) is 3.95. The number of imide groups is 1. The van der Waals surface area contributed by atoms with Gasteiger partial charge in [-0.2, -0.15) is 0 Å². The van der Waals surface area contributed by atoms with Crippen molar-refractivity contribution in [3.63, 3.8) is 0 Å². The van der Waals surface area contributed by atoms with Crippen molar-refractivity contribution in [2.75, 3.05) is 6.54 Å².